The van der Waals surface area contributed by atoms with Crippen LogP contribution in [0.25, 0.3) is 0 Å². The zero-order chi connectivity index (χ0) is 15.0. The van der Waals surface area contributed by atoms with Crippen LogP contribution in [0.15, 0.2) is 22.5 Å². The summed E-state index contributed by atoms with van der Waals surface area (Å²) in [6, 6.07) is 4.27. The second-order valence-electron chi connectivity index (χ2n) is 5.38. The first-order chi connectivity index (χ1) is 9.48. The lowest BCUT2D eigenvalue weighted by Gasteiger charge is -2.25. The number of aliphatic imine (C=N–C) groups is 1. The van der Waals surface area contributed by atoms with Crippen LogP contribution in [-0.4, -0.2) is 50.3 Å². The van der Waals surface area contributed by atoms with E-state index in [1.54, 1.807) is 18.4 Å². The lowest BCUT2D eigenvalue weighted by atomic mass is 10.1. The molecule has 1 N–H and O–H groups in total. The Kier molecular flexibility index (Phi) is 7.02. The van der Waals surface area contributed by atoms with Gasteiger partial charge in [-0.3, -0.25) is 4.99 Å². The van der Waals surface area contributed by atoms with Gasteiger partial charge in [0.05, 0.1) is 12.1 Å². The van der Waals surface area contributed by atoms with Gasteiger partial charge in [0, 0.05) is 32.1 Å². The van der Waals surface area contributed by atoms with Gasteiger partial charge in [-0.15, -0.1) is 11.3 Å². The van der Waals surface area contributed by atoms with Crippen molar-refractivity contribution in [2.24, 2.45) is 4.99 Å². The molecule has 0 fully saturated rings. The Morgan fingerprint density at radius 1 is 1.50 bits per heavy atom. The van der Waals surface area contributed by atoms with Crippen LogP contribution in [0.1, 0.15) is 25.6 Å². The fourth-order valence-electron chi connectivity index (χ4n) is 1.64. The van der Waals surface area contributed by atoms with Gasteiger partial charge in [-0.25, -0.2) is 0 Å². The van der Waals surface area contributed by atoms with E-state index in [2.05, 4.69) is 46.7 Å². The van der Waals surface area contributed by atoms with E-state index in [4.69, 9.17) is 4.74 Å². The summed E-state index contributed by atoms with van der Waals surface area (Å²) < 4.78 is 5.41. The zero-order valence-electron chi connectivity index (χ0n) is 13.3. The highest BCUT2D eigenvalue weighted by Crippen LogP contribution is 2.10. The van der Waals surface area contributed by atoms with Gasteiger partial charge in [0.1, 0.15) is 0 Å². The summed E-state index contributed by atoms with van der Waals surface area (Å²) in [7, 11) is 3.80. The molecule has 4 nitrogen and oxygen atoms in total. The van der Waals surface area contributed by atoms with E-state index in [9.17, 15) is 0 Å². The van der Waals surface area contributed by atoms with E-state index < -0.39 is 0 Å². The van der Waals surface area contributed by atoms with E-state index in [-0.39, 0.29) is 5.60 Å². The van der Waals surface area contributed by atoms with E-state index in [1.165, 1.54) is 4.88 Å². The first kappa shape index (κ1) is 17.0. The SMILES string of the molecule is CCNC(=NCC(C)(C)OC)N(C)CCc1cccs1. The number of nitrogens with zero attached hydrogens (tertiary/aromatic N) is 2. The van der Waals surface area contributed by atoms with E-state index in [1.807, 2.05) is 13.8 Å². The molecule has 1 aromatic heterocycles. The number of methoxy groups -OCH3 is 1. The van der Waals surface area contributed by atoms with Crippen LogP contribution in [0.3, 0.4) is 0 Å². The van der Waals surface area contributed by atoms with Crippen molar-refractivity contribution in [3.8, 4) is 0 Å². The van der Waals surface area contributed by atoms with E-state index >= 15 is 0 Å². The Hall–Kier alpha value is -1.07. The smallest absolute Gasteiger partial charge is 0.193 e. The summed E-state index contributed by atoms with van der Waals surface area (Å²) in [4.78, 5) is 8.25. The maximum Gasteiger partial charge on any atom is 0.193 e. The number of thiophene rings is 1. The van der Waals surface area contributed by atoms with Crippen LogP contribution in [-0.2, 0) is 11.2 Å². The molecule has 114 valence electrons. The highest BCUT2D eigenvalue weighted by Gasteiger charge is 2.16. The van der Waals surface area contributed by atoms with Gasteiger partial charge in [0.15, 0.2) is 5.96 Å². The van der Waals surface area contributed by atoms with Crippen molar-refractivity contribution in [1.29, 1.82) is 0 Å². The van der Waals surface area contributed by atoms with Gasteiger partial charge in [-0.1, -0.05) is 6.07 Å². The molecule has 20 heavy (non-hydrogen) atoms. The van der Waals surface area contributed by atoms with Crippen molar-refractivity contribution in [1.82, 2.24) is 10.2 Å². The Bertz CT molecular complexity index is 401. The van der Waals surface area contributed by atoms with Crippen LogP contribution >= 0.6 is 11.3 Å². The van der Waals surface area contributed by atoms with Gasteiger partial charge >= 0.3 is 0 Å². The van der Waals surface area contributed by atoms with Crippen LogP contribution in [0.5, 0.6) is 0 Å². The number of hydrogen-bond acceptors (Lipinski definition) is 3. The van der Waals surface area contributed by atoms with Gasteiger partial charge in [0.25, 0.3) is 0 Å². The third-order valence-electron chi connectivity index (χ3n) is 3.13. The topological polar surface area (TPSA) is 36.9 Å². The number of nitrogens with one attached hydrogen (secondary N) is 1. The zero-order valence-corrected chi connectivity index (χ0v) is 14.1. The van der Waals surface area contributed by atoms with Gasteiger partial charge in [-0.2, -0.15) is 0 Å². The Labute approximate surface area is 126 Å². The van der Waals surface area contributed by atoms with E-state index in [0.29, 0.717) is 6.54 Å². The fourth-order valence-corrected chi connectivity index (χ4v) is 2.34. The molecule has 0 radical (unpaired) electrons. The van der Waals surface area contributed by atoms with Crippen molar-refractivity contribution in [2.75, 3.05) is 33.8 Å². The lowest BCUT2D eigenvalue weighted by Crippen LogP contribution is -2.41. The minimum Gasteiger partial charge on any atom is -0.377 e. The monoisotopic (exact) mass is 297 g/mol. The molecule has 0 unspecified atom stereocenters. The molecule has 0 aliphatic heterocycles. The third-order valence-corrected chi connectivity index (χ3v) is 4.07. The summed E-state index contributed by atoms with van der Waals surface area (Å²) in [6.45, 7) is 8.66. The molecule has 0 aromatic carbocycles. The maximum atomic E-state index is 5.41. The molecule has 0 amide bonds. The van der Waals surface area contributed by atoms with Crippen molar-refractivity contribution in [2.45, 2.75) is 32.8 Å². The first-order valence-corrected chi connectivity index (χ1v) is 7.93. The van der Waals surface area contributed by atoms with Crippen molar-refractivity contribution in [3.05, 3.63) is 22.4 Å². The molecule has 1 heterocycles. The van der Waals surface area contributed by atoms with Crippen molar-refractivity contribution in [3.63, 3.8) is 0 Å². The molecule has 1 rings (SSSR count). The van der Waals surface area contributed by atoms with E-state index in [0.717, 1.165) is 25.5 Å². The van der Waals surface area contributed by atoms with Gasteiger partial charge in [-0.05, 0) is 38.6 Å². The summed E-state index contributed by atoms with van der Waals surface area (Å²) in [6.07, 6.45) is 1.05. The summed E-state index contributed by atoms with van der Waals surface area (Å²) in [5.74, 6) is 0.939. The van der Waals surface area contributed by atoms with Gasteiger partial charge < -0.3 is 15.0 Å². The Balaban J connectivity index is 2.57. The normalized spacial score (nSPS) is 12.6. The molecule has 0 aliphatic rings. The third kappa shape index (κ3) is 5.92. The predicted octanol–water partition coefficient (Wildman–Crippen LogP) is 2.61. The highest BCUT2D eigenvalue weighted by molar-refractivity contribution is 7.09. The fraction of sp³-hybridized carbons (Fsp3) is 0.667. The van der Waals surface area contributed by atoms with Crippen LogP contribution in [0, 0.1) is 0 Å². The molecular formula is C15H27N3OS. The summed E-state index contributed by atoms with van der Waals surface area (Å²) in [5.41, 5.74) is -0.227. The molecular weight excluding hydrogens is 270 g/mol. The largest absolute Gasteiger partial charge is 0.377 e. The standard InChI is InChI=1S/C15H27N3OS/c1-6-16-14(17-12-15(2,3)19-5)18(4)10-9-13-8-7-11-20-13/h7-8,11H,6,9-10,12H2,1-5H3,(H,16,17). The molecule has 0 aliphatic carbocycles. The summed E-state index contributed by atoms with van der Waals surface area (Å²) in [5, 5.41) is 5.45. The van der Waals surface area contributed by atoms with Gasteiger partial charge in [0.2, 0.25) is 0 Å². The second-order valence-corrected chi connectivity index (χ2v) is 6.42. The Morgan fingerprint density at radius 3 is 2.80 bits per heavy atom. The average molecular weight is 297 g/mol. The number of ether oxygens (including phenoxy) is 1. The van der Waals surface area contributed by atoms with Crippen LogP contribution in [0.2, 0.25) is 0 Å². The molecule has 0 saturated heterocycles. The van der Waals surface area contributed by atoms with Crippen LogP contribution < -0.4 is 5.32 Å². The molecule has 5 heteroatoms. The minimum atomic E-state index is -0.227. The number of likely N-dealkylation sites (N-methyl/N-ethyl adjacent to an activating group) is 1. The molecule has 0 atom stereocenters. The molecule has 1 aromatic rings. The van der Waals surface area contributed by atoms with Crippen molar-refractivity contribution < 1.29 is 4.74 Å². The summed E-state index contributed by atoms with van der Waals surface area (Å²) >= 11 is 1.80. The first-order valence-electron chi connectivity index (χ1n) is 7.05. The molecule has 0 bridgehead atoms. The van der Waals surface area contributed by atoms with Crippen molar-refractivity contribution >= 4 is 17.3 Å². The lowest BCUT2D eigenvalue weighted by molar-refractivity contribution is 0.0309. The number of hydrogen-bond donors (Lipinski definition) is 1. The second kappa shape index (κ2) is 8.27. The minimum absolute atomic E-state index is 0.227. The molecule has 0 saturated carbocycles. The predicted molar refractivity (Wildman–Crippen MR) is 87.7 cm³/mol. The molecule has 0 spiro atoms. The average Bonchev–Trinajstić information content (AvgIpc) is 2.94. The maximum absolute atomic E-state index is 5.41. The number of rotatable bonds is 7. The quantitative estimate of drug-likeness (QED) is 0.621. The number of guanidine groups is 1. The Morgan fingerprint density at radius 2 is 2.25 bits per heavy atom. The van der Waals surface area contributed by atoms with Crippen LogP contribution in [0.4, 0.5) is 0 Å². The highest BCUT2D eigenvalue weighted by atomic mass is 32.1.